The van der Waals surface area contributed by atoms with Crippen LogP contribution >= 0.6 is 0 Å². The summed E-state index contributed by atoms with van der Waals surface area (Å²) in [5.74, 6) is -0.780. The Morgan fingerprint density at radius 1 is 1.44 bits per heavy atom. The maximum atomic E-state index is 11.8. The monoisotopic (exact) mass is 252 g/mol. The number of carbonyl (C=O) groups excluding carboxylic acids is 2. The number of amides is 1. The van der Waals surface area contributed by atoms with Crippen LogP contribution in [0.15, 0.2) is 18.3 Å². The van der Waals surface area contributed by atoms with Crippen molar-refractivity contribution in [2.45, 2.75) is 26.1 Å². The van der Waals surface area contributed by atoms with Crippen molar-refractivity contribution < 1.29 is 19.1 Å². The molecule has 0 aliphatic carbocycles. The van der Waals surface area contributed by atoms with E-state index in [2.05, 4.69) is 5.32 Å². The molecule has 2 atom stereocenters. The van der Waals surface area contributed by atoms with Gasteiger partial charge in [0.25, 0.3) is 5.91 Å². The summed E-state index contributed by atoms with van der Waals surface area (Å²) >= 11 is 0. The zero-order valence-corrected chi connectivity index (χ0v) is 10.4. The normalized spacial score (nSPS) is 22.2. The van der Waals surface area contributed by atoms with Crippen LogP contribution in [-0.2, 0) is 14.3 Å². The first kappa shape index (κ1) is 12.6. The Bertz CT molecular complexity index is 455. The number of nitrogens with one attached hydrogen (secondary N) is 1. The molecule has 2 heterocycles. The van der Waals surface area contributed by atoms with E-state index < -0.39 is 18.2 Å². The van der Waals surface area contributed by atoms with Crippen molar-refractivity contribution in [3.8, 4) is 0 Å². The van der Waals surface area contributed by atoms with E-state index in [0.29, 0.717) is 12.3 Å². The van der Waals surface area contributed by atoms with Crippen LogP contribution in [0.3, 0.4) is 0 Å². The molecular weight excluding hydrogens is 236 g/mol. The number of rotatable bonds is 4. The number of esters is 1. The second-order valence-electron chi connectivity index (χ2n) is 3.85. The molecule has 1 aromatic rings. The van der Waals surface area contributed by atoms with E-state index in [1.165, 1.54) is 0 Å². The Hall–Kier alpha value is -1.82. The summed E-state index contributed by atoms with van der Waals surface area (Å²) in [4.78, 5) is 23.7. The zero-order valence-electron chi connectivity index (χ0n) is 10.4. The van der Waals surface area contributed by atoms with Crippen LogP contribution in [-0.4, -0.2) is 35.7 Å². The van der Waals surface area contributed by atoms with Gasteiger partial charge in [0.05, 0.1) is 6.61 Å². The van der Waals surface area contributed by atoms with Gasteiger partial charge in [-0.1, -0.05) is 0 Å². The number of hydrogen-bond acceptors (Lipinski definition) is 4. The second-order valence-corrected chi connectivity index (χ2v) is 3.85. The third-order valence-corrected chi connectivity index (χ3v) is 2.74. The summed E-state index contributed by atoms with van der Waals surface area (Å²) in [6.07, 6.45) is 1.16. The van der Waals surface area contributed by atoms with Gasteiger partial charge in [0.2, 0.25) is 0 Å². The van der Waals surface area contributed by atoms with E-state index in [-0.39, 0.29) is 12.5 Å². The summed E-state index contributed by atoms with van der Waals surface area (Å²) in [5.41, 5.74) is 0.481. The van der Waals surface area contributed by atoms with E-state index in [0.717, 1.165) is 0 Å². The minimum atomic E-state index is -0.808. The number of hydrogen-bond donors (Lipinski definition) is 1. The van der Waals surface area contributed by atoms with Crippen LogP contribution in [0.1, 0.15) is 30.6 Å². The Balaban J connectivity index is 2.31. The molecule has 1 amide bonds. The molecule has 0 saturated carbocycles. The lowest BCUT2D eigenvalue weighted by atomic mass is 10.2. The molecule has 1 aromatic heterocycles. The fraction of sp³-hybridized carbons (Fsp3) is 0.500. The minimum Gasteiger partial charge on any atom is -0.464 e. The van der Waals surface area contributed by atoms with Gasteiger partial charge in [0.1, 0.15) is 5.69 Å². The Morgan fingerprint density at radius 2 is 2.22 bits per heavy atom. The molecular formula is C12H16N2O4. The first-order valence-electron chi connectivity index (χ1n) is 5.95. The van der Waals surface area contributed by atoms with E-state index >= 15 is 0 Å². The highest BCUT2D eigenvalue weighted by Crippen LogP contribution is 2.23. The lowest BCUT2D eigenvalue weighted by molar-refractivity contribution is -0.153. The topological polar surface area (TPSA) is 69.6 Å². The summed E-state index contributed by atoms with van der Waals surface area (Å²) in [7, 11) is 0. The highest BCUT2D eigenvalue weighted by Gasteiger charge is 2.38. The van der Waals surface area contributed by atoms with Crippen LogP contribution in [0.4, 0.5) is 0 Å². The molecule has 0 aromatic carbocycles. The minimum absolute atomic E-state index is 0.266. The van der Waals surface area contributed by atoms with E-state index in [1.807, 2.05) is 6.92 Å². The lowest BCUT2D eigenvalue weighted by Gasteiger charge is -2.32. The number of fused-ring (bicyclic) bond motifs is 1. The fourth-order valence-electron chi connectivity index (χ4n) is 2.01. The number of nitrogens with zero attached hydrogens (tertiary/aromatic N) is 1. The molecule has 6 heteroatoms. The van der Waals surface area contributed by atoms with Gasteiger partial charge in [-0.3, -0.25) is 4.79 Å². The van der Waals surface area contributed by atoms with Crippen LogP contribution in [0.5, 0.6) is 0 Å². The summed E-state index contributed by atoms with van der Waals surface area (Å²) in [5, 5.41) is 2.62. The first-order chi connectivity index (χ1) is 8.69. The van der Waals surface area contributed by atoms with Gasteiger partial charge in [0.15, 0.2) is 12.3 Å². The average molecular weight is 252 g/mol. The molecule has 0 fully saturated rings. The number of carbonyl (C=O) groups is 2. The van der Waals surface area contributed by atoms with Crippen LogP contribution in [0.25, 0.3) is 0 Å². The predicted octanol–water partition coefficient (Wildman–Crippen LogP) is 0.698. The van der Waals surface area contributed by atoms with Crippen molar-refractivity contribution in [2.75, 3.05) is 13.2 Å². The molecule has 98 valence electrons. The Kier molecular flexibility index (Phi) is 3.66. The van der Waals surface area contributed by atoms with Gasteiger partial charge in [-0.25, -0.2) is 4.79 Å². The van der Waals surface area contributed by atoms with E-state index in [4.69, 9.17) is 9.47 Å². The molecule has 2 unspecified atom stereocenters. The summed E-state index contributed by atoms with van der Waals surface area (Å²) < 4.78 is 12.2. The van der Waals surface area contributed by atoms with Gasteiger partial charge in [-0.15, -0.1) is 0 Å². The standard InChI is InChI=1S/C12H16N2O4/c1-3-17-11-9(12(16)18-4-2)13-10(15)8-6-5-7-14(8)11/h5-7,9,11H,3-4H2,1-2H3,(H,13,15). The molecule has 0 spiro atoms. The van der Waals surface area contributed by atoms with Crippen molar-refractivity contribution >= 4 is 11.9 Å². The maximum Gasteiger partial charge on any atom is 0.333 e. The van der Waals surface area contributed by atoms with Crippen molar-refractivity contribution in [1.82, 2.24) is 9.88 Å². The highest BCUT2D eigenvalue weighted by atomic mass is 16.5. The largest absolute Gasteiger partial charge is 0.464 e. The summed E-state index contributed by atoms with van der Waals surface area (Å²) in [6, 6.07) is 2.62. The van der Waals surface area contributed by atoms with Gasteiger partial charge in [0, 0.05) is 12.8 Å². The van der Waals surface area contributed by atoms with Gasteiger partial charge >= 0.3 is 5.97 Å². The van der Waals surface area contributed by atoms with Crippen molar-refractivity contribution in [2.24, 2.45) is 0 Å². The van der Waals surface area contributed by atoms with Crippen molar-refractivity contribution in [3.63, 3.8) is 0 Å². The Morgan fingerprint density at radius 3 is 2.89 bits per heavy atom. The first-order valence-corrected chi connectivity index (χ1v) is 5.95. The molecule has 1 aliphatic heterocycles. The maximum absolute atomic E-state index is 11.8. The Labute approximate surface area is 105 Å². The van der Waals surface area contributed by atoms with Gasteiger partial charge in [-0.05, 0) is 26.0 Å². The zero-order chi connectivity index (χ0) is 13.1. The molecule has 0 radical (unpaired) electrons. The van der Waals surface area contributed by atoms with Crippen LogP contribution in [0.2, 0.25) is 0 Å². The molecule has 1 N–H and O–H groups in total. The average Bonchev–Trinajstić information content (AvgIpc) is 2.82. The lowest BCUT2D eigenvalue weighted by Crippen LogP contribution is -2.53. The number of ether oxygens (including phenoxy) is 2. The predicted molar refractivity (Wildman–Crippen MR) is 63.0 cm³/mol. The molecule has 6 nitrogen and oxygen atoms in total. The van der Waals surface area contributed by atoms with Gasteiger partial charge in [-0.2, -0.15) is 0 Å². The molecule has 18 heavy (non-hydrogen) atoms. The highest BCUT2D eigenvalue weighted by molar-refractivity contribution is 5.97. The van der Waals surface area contributed by atoms with E-state index in [9.17, 15) is 9.59 Å². The van der Waals surface area contributed by atoms with Crippen LogP contribution < -0.4 is 5.32 Å². The smallest absolute Gasteiger partial charge is 0.333 e. The van der Waals surface area contributed by atoms with Crippen LogP contribution in [0, 0.1) is 0 Å². The van der Waals surface area contributed by atoms with Crippen molar-refractivity contribution in [1.29, 1.82) is 0 Å². The SMILES string of the molecule is CCOC(=O)C1NC(=O)c2cccn2C1OCC. The quantitative estimate of drug-likeness (QED) is 0.801. The molecule has 1 aliphatic rings. The van der Waals surface area contributed by atoms with Gasteiger partial charge < -0.3 is 19.4 Å². The van der Waals surface area contributed by atoms with Crippen molar-refractivity contribution in [3.05, 3.63) is 24.0 Å². The molecule has 2 rings (SSSR count). The third kappa shape index (κ3) is 2.11. The second kappa shape index (κ2) is 5.22. The third-order valence-electron chi connectivity index (χ3n) is 2.74. The summed E-state index contributed by atoms with van der Waals surface area (Å²) in [6.45, 7) is 4.26. The fourth-order valence-corrected chi connectivity index (χ4v) is 2.01. The van der Waals surface area contributed by atoms with E-state index in [1.54, 1.807) is 29.8 Å². The number of aromatic nitrogens is 1. The molecule has 0 saturated heterocycles. The molecule has 0 bridgehead atoms.